The first-order chi connectivity index (χ1) is 12.1. The summed E-state index contributed by atoms with van der Waals surface area (Å²) < 4.78 is 0. The van der Waals surface area contributed by atoms with Gasteiger partial charge in [-0.2, -0.15) is 0 Å². The fraction of sp³-hybridized carbons (Fsp3) is 0.368. The predicted molar refractivity (Wildman–Crippen MR) is 99.0 cm³/mol. The molecule has 0 fully saturated rings. The number of fused-ring (bicyclic) bond motifs is 1. The summed E-state index contributed by atoms with van der Waals surface area (Å²) in [5, 5.41) is 12.5. The molecule has 6 nitrogen and oxygen atoms in total. The lowest BCUT2D eigenvalue weighted by atomic mass is 10.00. The highest BCUT2D eigenvalue weighted by Gasteiger charge is 2.21. The number of nitrogens with zero attached hydrogens (tertiary/aromatic N) is 3. The number of aromatic nitrogens is 1. The van der Waals surface area contributed by atoms with Gasteiger partial charge in [0, 0.05) is 26.2 Å². The van der Waals surface area contributed by atoms with Crippen LogP contribution in [0.15, 0.2) is 36.5 Å². The molecule has 1 aliphatic heterocycles. The molecule has 1 aromatic heterocycles. The van der Waals surface area contributed by atoms with Crippen LogP contribution in [-0.2, 0) is 13.0 Å². The molecular formula is C19H24N4O2. The van der Waals surface area contributed by atoms with Crippen molar-refractivity contribution < 1.29 is 9.90 Å². The van der Waals surface area contributed by atoms with Crippen molar-refractivity contribution in [3.8, 4) is 5.75 Å². The minimum atomic E-state index is -0.147. The highest BCUT2D eigenvalue weighted by Crippen LogP contribution is 2.23. The highest BCUT2D eigenvalue weighted by molar-refractivity contribution is 5.89. The van der Waals surface area contributed by atoms with Gasteiger partial charge >= 0.3 is 6.03 Å². The smallest absolute Gasteiger partial charge is 0.322 e. The molecule has 0 saturated heterocycles. The predicted octanol–water partition coefficient (Wildman–Crippen LogP) is 3.22. The third-order valence-corrected chi connectivity index (χ3v) is 4.58. The van der Waals surface area contributed by atoms with Crippen LogP contribution in [0.2, 0.25) is 0 Å². The molecule has 0 unspecified atom stereocenters. The average molecular weight is 340 g/mol. The number of benzene rings is 1. The third kappa shape index (κ3) is 3.84. The zero-order valence-corrected chi connectivity index (χ0v) is 14.7. The van der Waals surface area contributed by atoms with Gasteiger partial charge in [-0.1, -0.05) is 6.07 Å². The van der Waals surface area contributed by atoms with Crippen molar-refractivity contribution >= 4 is 17.5 Å². The van der Waals surface area contributed by atoms with E-state index >= 15 is 0 Å². The number of hydrogen-bond acceptors (Lipinski definition) is 4. The molecule has 0 spiro atoms. The van der Waals surface area contributed by atoms with Crippen LogP contribution in [0, 0.1) is 0 Å². The van der Waals surface area contributed by atoms with Gasteiger partial charge in [0.25, 0.3) is 0 Å². The van der Waals surface area contributed by atoms with Crippen molar-refractivity contribution in [2.24, 2.45) is 0 Å². The molecule has 25 heavy (non-hydrogen) atoms. The fourth-order valence-corrected chi connectivity index (χ4v) is 3.11. The SMILES string of the molecule is CCN(CC)c1ccc(NC(=O)N2CCc3ccc(O)cc3C2)cn1. The molecule has 0 radical (unpaired) electrons. The zero-order valence-electron chi connectivity index (χ0n) is 14.7. The number of carbonyl (C=O) groups excluding carboxylic acids is 1. The average Bonchev–Trinajstić information content (AvgIpc) is 2.63. The van der Waals surface area contributed by atoms with E-state index in [0.29, 0.717) is 18.8 Å². The molecule has 2 amide bonds. The molecule has 2 N–H and O–H groups in total. The van der Waals surface area contributed by atoms with Crippen LogP contribution in [0.5, 0.6) is 5.75 Å². The Labute approximate surface area is 148 Å². The summed E-state index contributed by atoms with van der Waals surface area (Å²) in [5.41, 5.74) is 2.87. The van der Waals surface area contributed by atoms with Crippen LogP contribution in [-0.4, -0.2) is 40.7 Å². The van der Waals surface area contributed by atoms with Crippen LogP contribution in [0.4, 0.5) is 16.3 Å². The van der Waals surface area contributed by atoms with Gasteiger partial charge in [0.1, 0.15) is 11.6 Å². The highest BCUT2D eigenvalue weighted by atomic mass is 16.3. The van der Waals surface area contributed by atoms with Crippen molar-refractivity contribution in [2.45, 2.75) is 26.8 Å². The number of urea groups is 1. The summed E-state index contributed by atoms with van der Waals surface area (Å²) in [6, 6.07) is 9.00. The number of hydrogen-bond donors (Lipinski definition) is 2. The Bertz CT molecular complexity index is 742. The number of anilines is 2. The van der Waals surface area contributed by atoms with Crippen molar-refractivity contribution in [1.82, 2.24) is 9.88 Å². The van der Waals surface area contributed by atoms with E-state index in [1.807, 2.05) is 18.2 Å². The fourth-order valence-electron chi connectivity index (χ4n) is 3.11. The summed E-state index contributed by atoms with van der Waals surface area (Å²) in [6.07, 6.45) is 2.48. The lowest BCUT2D eigenvalue weighted by Crippen LogP contribution is -2.38. The molecule has 2 heterocycles. The van der Waals surface area contributed by atoms with E-state index in [2.05, 4.69) is 29.0 Å². The molecule has 132 valence electrons. The van der Waals surface area contributed by atoms with E-state index in [4.69, 9.17) is 0 Å². The maximum atomic E-state index is 12.5. The Morgan fingerprint density at radius 2 is 2.04 bits per heavy atom. The Morgan fingerprint density at radius 3 is 2.72 bits per heavy atom. The topological polar surface area (TPSA) is 68.7 Å². The van der Waals surface area contributed by atoms with Crippen molar-refractivity contribution in [1.29, 1.82) is 0 Å². The number of nitrogens with one attached hydrogen (secondary N) is 1. The molecule has 1 aromatic carbocycles. The molecule has 3 rings (SSSR count). The quantitative estimate of drug-likeness (QED) is 0.897. The molecule has 6 heteroatoms. The Balaban J connectivity index is 1.65. The van der Waals surface area contributed by atoms with Crippen LogP contribution in [0.1, 0.15) is 25.0 Å². The standard InChI is InChI=1S/C19H24N4O2/c1-3-22(4-2)18-8-6-16(12-20-18)21-19(25)23-10-9-14-5-7-17(24)11-15(14)13-23/h5-8,11-12,24H,3-4,9-10,13H2,1-2H3,(H,21,25). The molecule has 1 aliphatic rings. The van der Waals surface area contributed by atoms with E-state index in [0.717, 1.165) is 30.9 Å². The van der Waals surface area contributed by atoms with Crippen LogP contribution < -0.4 is 10.2 Å². The summed E-state index contributed by atoms with van der Waals surface area (Å²) in [7, 11) is 0. The van der Waals surface area contributed by atoms with Gasteiger partial charge < -0.3 is 20.2 Å². The Morgan fingerprint density at radius 1 is 1.24 bits per heavy atom. The summed E-state index contributed by atoms with van der Waals surface area (Å²) in [4.78, 5) is 20.8. The van der Waals surface area contributed by atoms with Gasteiger partial charge in [-0.15, -0.1) is 0 Å². The second-order valence-electron chi connectivity index (χ2n) is 6.13. The largest absolute Gasteiger partial charge is 0.508 e. The van der Waals surface area contributed by atoms with E-state index < -0.39 is 0 Å². The molecule has 0 aliphatic carbocycles. The summed E-state index contributed by atoms with van der Waals surface area (Å²) in [5.74, 6) is 1.14. The number of pyridine rings is 1. The van der Waals surface area contributed by atoms with Gasteiger partial charge in [0.2, 0.25) is 0 Å². The lowest BCUT2D eigenvalue weighted by molar-refractivity contribution is 0.206. The second kappa shape index (κ2) is 7.42. The van der Waals surface area contributed by atoms with E-state index in [-0.39, 0.29) is 11.8 Å². The normalized spacial score (nSPS) is 13.3. The molecule has 0 atom stereocenters. The Hall–Kier alpha value is -2.76. The van der Waals surface area contributed by atoms with Crippen molar-refractivity contribution in [2.75, 3.05) is 29.9 Å². The van der Waals surface area contributed by atoms with Gasteiger partial charge in [0.05, 0.1) is 11.9 Å². The zero-order chi connectivity index (χ0) is 17.8. The number of carbonyl (C=O) groups is 1. The number of amides is 2. The minimum Gasteiger partial charge on any atom is -0.508 e. The van der Waals surface area contributed by atoms with E-state index in [9.17, 15) is 9.90 Å². The maximum absolute atomic E-state index is 12.5. The van der Waals surface area contributed by atoms with Crippen LogP contribution >= 0.6 is 0 Å². The first-order valence-electron chi connectivity index (χ1n) is 8.68. The van der Waals surface area contributed by atoms with Crippen molar-refractivity contribution in [3.63, 3.8) is 0 Å². The first-order valence-corrected chi connectivity index (χ1v) is 8.68. The third-order valence-electron chi connectivity index (χ3n) is 4.58. The van der Waals surface area contributed by atoms with E-state index in [1.165, 1.54) is 5.56 Å². The van der Waals surface area contributed by atoms with Crippen molar-refractivity contribution in [3.05, 3.63) is 47.7 Å². The van der Waals surface area contributed by atoms with E-state index in [1.54, 1.807) is 23.2 Å². The van der Waals surface area contributed by atoms with Crippen LogP contribution in [0.3, 0.4) is 0 Å². The maximum Gasteiger partial charge on any atom is 0.322 e. The summed E-state index contributed by atoms with van der Waals surface area (Å²) in [6.45, 7) is 7.14. The molecular weight excluding hydrogens is 316 g/mol. The minimum absolute atomic E-state index is 0.147. The number of aromatic hydroxyl groups is 1. The van der Waals surface area contributed by atoms with Gasteiger partial charge in [0.15, 0.2) is 0 Å². The molecule has 0 saturated carbocycles. The monoisotopic (exact) mass is 340 g/mol. The molecule has 0 bridgehead atoms. The van der Waals surface area contributed by atoms with Gasteiger partial charge in [-0.05, 0) is 55.7 Å². The lowest BCUT2D eigenvalue weighted by Gasteiger charge is -2.29. The van der Waals surface area contributed by atoms with Gasteiger partial charge in [-0.3, -0.25) is 0 Å². The molecule has 2 aromatic rings. The number of phenolic OH excluding ortho intramolecular Hbond substituents is 1. The number of rotatable bonds is 4. The number of phenols is 1. The van der Waals surface area contributed by atoms with Crippen LogP contribution in [0.25, 0.3) is 0 Å². The first kappa shape index (κ1) is 17.1. The second-order valence-corrected chi connectivity index (χ2v) is 6.13. The summed E-state index contributed by atoms with van der Waals surface area (Å²) >= 11 is 0. The Kier molecular flexibility index (Phi) is 5.07. The van der Waals surface area contributed by atoms with Gasteiger partial charge in [-0.25, -0.2) is 9.78 Å².